The number of hydrogen-bond acceptors (Lipinski definition) is 7. The molecule has 2 aliphatic rings. The molecule has 6 nitrogen and oxygen atoms in total. The van der Waals surface area contributed by atoms with Crippen LogP contribution < -0.4 is 0 Å². The molecule has 1 saturated heterocycles. The summed E-state index contributed by atoms with van der Waals surface area (Å²) in [4.78, 5) is 14.1. The molecule has 0 saturated carbocycles. The minimum Gasteiger partial charge on any atom is -0.434 e. The Hall–Kier alpha value is -0.920. The summed E-state index contributed by atoms with van der Waals surface area (Å²) < 4.78 is 22.0. The van der Waals surface area contributed by atoms with E-state index >= 15 is 0 Å². The van der Waals surface area contributed by atoms with Gasteiger partial charge in [0.25, 0.3) is 0 Å². The number of carbonyl (C=O) groups is 1. The highest BCUT2D eigenvalue weighted by Crippen LogP contribution is 2.19. The second-order valence-corrected chi connectivity index (χ2v) is 11.8. The summed E-state index contributed by atoms with van der Waals surface area (Å²) in [6, 6.07) is 0. The number of rotatable bonds is 25. The van der Waals surface area contributed by atoms with Crippen molar-refractivity contribution in [2.75, 3.05) is 32.2 Å². The van der Waals surface area contributed by atoms with E-state index in [2.05, 4.69) is 23.4 Å². The van der Waals surface area contributed by atoms with Crippen LogP contribution in [0.3, 0.4) is 0 Å². The lowest BCUT2D eigenvalue weighted by molar-refractivity contribution is -0.0740. The highest BCUT2D eigenvalue weighted by molar-refractivity contribution is 8.02. The fourth-order valence-corrected chi connectivity index (χ4v) is 5.76. The second-order valence-electron chi connectivity index (χ2n) is 11.0. The zero-order chi connectivity index (χ0) is 26.9. The predicted octanol–water partition coefficient (Wildman–Crippen LogP) is 9.18. The highest BCUT2D eigenvalue weighted by atomic mass is 32.2. The molecule has 38 heavy (non-hydrogen) atoms. The van der Waals surface area contributed by atoms with Gasteiger partial charge in [0.15, 0.2) is 6.29 Å². The molecule has 0 aromatic carbocycles. The largest absolute Gasteiger partial charge is 0.508 e. The van der Waals surface area contributed by atoms with Crippen molar-refractivity contribution in [3.8, 4) is 0 Å². The molecule has 0 aromatic heterocycles. The van der Waals surface area contributed by atoms with Gasteiger partial charge in [-0.2, -0.15) is 0 Å². The van der Waals surface area contributed by atoms with Gasteiger partial charge in [-0.3, -0.25) is 0 Å². The maximum atomic E-state index is 11.8. The summed E-state index contributed by atoms with van der Waals surface area (Å²) in [5.41, 5.74) is 0. The van der Waals surface area contributed by atoms with Crippen molar-refractivity contribution >= 4 is 17.9 Å². The summed E-state index contributed by atoms with van der Waals surface area (Å²) in [6.45, 7) is 4.50. The minimum atomic E-state index is -0.598. The van der Waals surface area contributed by atoms with Crippen molar-refractivity contribution in [2.24, 2.45) is 0 Å². The lowest BCUT2D eigenvalue weighted by Crippen LogP contribution is -2.22. The number of hydrogen-bond donors (Lipinski definition) is 0. The highest BCUT2D eigenvalue weighted by Gasteiger charge is 2.26. The third kappa shape index (κ3) is 18.4. The van der Waals surface area contributed by atoms with Crippen LogP contribution in [0.1, 0.15) is 135 Å². The van der Waals surface area contributed by atoms with Crippen LogP contribution in [0.4, 0.5) is 4.79 Å². The first-order valence-electron chi connectivity index (χ1n) is 15.9. The maximum absolute atomic E-state index is 11.8. The first-order valence-corrected chi connectivity index (χ1v) is 16.9. The molecular formula is C31H57NO5S. The quantitative estimate of drug-likeness (QED) is 0.0822. The molecule has 0 spiro atoms. The van der Waals surface area contributed by atoms with Gasteiger partial charge in [0.1, 0.15) is 12.7 Å². The zero-order valence-corrected chi connectivity index (χ0v) is 25.2. The van der Waals surface area contributed by atoms with Gasteiger partial charge in [-0.05, 0) is 37.5 Å². The van der Waals surface area contributed by atoms with E-state index in [-0.39, 0.29) is 19.0 Å². The van der Waals surface area contributed by atoms with Crippen LogP contribution >= 0.6 is 11.8 Å². The van der Waals surface area contributed by atoms with Crippen molar-refractivity contribution in [3.63, 3.8) is 0 Å². The Morgan fingerprint density at radius 2 is 1.42 bits per heavy atom. The summed E-state index contributed by atoms with van der Waals surface area (Å²) in [5.74, 6) is 1.07. The van der Waals surface area contributed by atoms with Crippen LogP contribution in [0.25, 0.3) is 0 Å². The van der Waals surface area contributed by atoms with E-state index < -0.39 is 6.16 Å². The van der Waals surface area contributed by atoms with E-state index in [1.54, 1.807) is 0 Å². The van der Waals surface area contributed by atoms with Crippen LogP contribution in [-0.2, 0) is 18.9 Å². The average Bonchev–Trinajstić information content (AvgIpc) is 3.61. The molecule has 0 radical (unpaired) electrons. The SMILES string of the molecule is CCCCCCCCCCCCCCCCCC1OCC(COC(=O)OCCCCCCN2C=CSC2)O1. The number of carbonyl (C=O) groups excluding carboxylic acids is 1. The van der Waals surface area contributed by atoms with E-state index in [0.29, 0.717) is 13.2 Å². The Kier molecular flexibility index (Phi) is 21.0. The van der Waals surface area contributed by atoms with Crippen molar-refractivity contribution in [2.45, 2.75) is 148 Å². The van der Waals surface area contributed by atoms with Crippen molar-refractivity contribution < 1.29 is 23.7 Å². The van der Waals surface area contributed by atoms with Gasteiger partial charge in [-0.25, -0.2) is 4.79 Å². The predicted molar refractivity (Wildman–Crippen MR) is 158 cm³/mol. The molecule has 0 bridgehead atoms. The van der Waals surface area contributed by atoms with Gasteiger partial charge in [-0.15, -0.1) is 11.8 Å². The van der Waals surface area contributed by atoms with Gasteiger partial charge in [0.2, 0.25) is 0 Å². The van der Waals surface area contributed by atoms with Crippen LogP contribution in [-0.4, -0.2) is 55.7 Å². The molecule has 2 heterocycles. The third-order valence-corrected chi connectivity index (χ3v) is 8.21. The summed E-state index contributed by atoms with van der Waals surface area (Å²) in [7, 11) is 0. The summed E-state index contributed by atoms with van der Waals surface area (Å²) >= 11 is 1.84. The fraction of sp³-hybridized carbons (Fsp3) is 0.903. The standard InChI is InChI=1S/C31H57NO5S/c1-2-3-4-5-6-7-8-9-10-11-12-13-14-15-18-21-30-35-26-29(37-30)27-36-31(33)34-24-20-17-16-19-22-32-23-25-38-28-32/h23,25,29-30H,2-22,24,26-28H2,1H3. The van der Waals surface area contributed by atoms with Gasteiger partial charge in [-0.1, -0.05) is 103 Å². The van der Waals surface area contributed by atoms with Gasteiger partial charge < -0.3 is 23.8 Å². The molecule has 222 valence electrons. The number of nitrogens with zero attached hydrogens (tertiary/aromatic N) is 1. The van der Waals surface area contributed by atoms with Crippen molar-refractivity contribution in [1.82, 2.24) is 4.90 Å². The Bertz CT molecular complexity index is 591. The van der Waals surface area contributed by atoms with E-state index in [4.69, 9.17) is 18.9 Å². The van der Waals surface area contributed by atoms with Gasteiger partial charge in [0, 0.05) is 12.7 Å². The average molecular weight is 556 g/mol. The smallest absolute Gasteiger partial charge is 0.434 e. The molecule has 2 rings (SSSR count). The zero-order valence-electron chi connectivity index (χ0n) is 24.4. The maximum Gasteiger partial charge on any atom is 0.508 e. The molecule has 0 N–H and O–H groups in total. The van der Waals surface area contributed by atoms with E-state index in [1.807, 2.05) is 11.8 Å². The monoisotopic (exact) mass is 555 g/mol. The lowest BCUT2D eigenvalue weighted by atomic mass is 10.0. The Balaban J connectivity index is 1.28. The molecule has 0 aliphatic carbocycles. The van der Waals surface area contributed by atoms with E-state index in [0.717, 1.165) is 44.5 Å². The second kappa shape index (κ2) is 23.9. The van der Waals surface area contributed by atoms with Crippen LogP contribution in [0, 0.1) is 0 Å². The van der Waals surface area contributed by atoms with Crippen molar-refractivity contribution in [1.29, 1.82) is 0 Å². The number of unbranched alkanes of at least 4 members (excludes halogenated alkanes) is 17. The molecule has 2 aliphatic heterocycles. The summed E-state index contributed by atoms with van der Waals surface area (Å²) in [6.07, 6.45) is 27.0. The van der Waals surface area contributed by atoms with E-state index in [1.165, 1.54) is 96.3 Å². The van der Waals surface area contributed by atoms with Crippen LogP contribution in [0.5, 0.6) is 0 Å². The van der Waals surface area contributed by atoms with Gasteiger partial charge >= 0.3 is 6.16 Å². The fourth-order valence-electron chi connectivity index (χ4n) is 5.01. The summed E-state index contributed by atoms with van der Waals surface area (Å²) in [5, 5.41) is 2.14. The molecule has 0 amide bonds. The third-order valence-electron chi connectivity index (χ3n) is 7.41. The Morgan fingerprint density at radius 1 is 0.816 bits per heavy atom. The lowest BCUT2D eigenvalue weighted by Gasteiger charge is -2.14. The van der Waals surface area contributed by atoms with Crippen LogP contribution in [0.15, 0.2) is 11.6 Å². The minimum absolute atomic E-state index is 0.156. The molecule has 2 atom stereocenters. The number of ether oxygens (including phenoxy) is 4. The molecule has 7 heteroatoms. The Labute approximate surface area is 237 Å². The number of thioether (sulfide) groups is 1. The molecule has 2 unspecified atom stereocenters. The normalized spacial score (nSPS) is 18.9. The molecule has 0 aromatic rings. The van der Waals surface area contributed by atoms with Gasteiger partial charge in [0.05, 0.1) is 19.1 Å². The molecule has 1 fully saturated rings. The van der Waals surface area contributed by atoms with E-state index in [9.17, 15) is 4.79 Å². The topological polar surface area (TPSA) is 57.2 Å². The van der Waals surface area contributed by atoms with Crippen LogP contribution in [0.2, 0.25) is 0 Å². The van der Waals surface area contributed by atoms with Crippen molar-refractivity contribution in [3.05, 3.63) is 11.6 Å². The molecular weight excluding hydrogens is 498 g/mol. The first-order chi connectivity index (χ1) is 18.8. The first kappa shape index (κ1) is 33.3. The Morgan fingerprint density at radius 3 is 2.05 bits per heavy atom.